The maximum Gasteiger partial charge on any atom is 0.322 e. The van der Waals surface area contributed by atoms with Crippen molar-refractivity contribution in [1.29, 1.82) is 0 Å². The van der Waals surface area contributed by atoms with Crippen molar-refractivity contribution in [3.05, 3.63) is 66.2 Å². The Morgan fingerprint density at radius 1 is 1.24 bits per heavy atom. The molecular weight excluding hydrogens is 366 g/mol. The van der Waals surface area contributed by atoms with Gasteiger partial charge in [-0.25, -0.2) is 14.3 Å². The largest absolute Gasteiger partial charge is 0.322 e. The van der Waals surface area contributed by atoms with Crippen molar-refractivity contribution >= 4 is 17.2 Å². The second-order valence-corrected chi connectivity index (χ2v) is 7.68. The van der Waals surface area contributed by atoms with Gasteiger partial charge in [0.1, 0.15) is 0 Å². The van der Waals surface area contributed by atoms with Crippen molar-refractivity contribution < 1.29 is 4.79 Å². The quantitative estimate of drug-likeness (QED) is 0.573. The Hall–Kier alpha value is -3.68. The first-order valence-corrected chi connectivity index (χ1v) is 9.70. The van der Waals surface area contributed by atoms with Gasteiger partial charge in [0, 0.05) is 30.2 Å². The molecule has 144 valence electrons. The SMILES string of the molecule is Cc1ccc(NC(=O)N2C[C@H]3C[C@@H]2c2ccnn23)cc1-c1ncc2cccn2n1. The Morgan fingerprint density at radius 2 is 2.17 bits per heavy atom. The first-order valence-electron chi connectivity index (χ1n) is 9.70. The highest BCUT2D eigenvalue weighted by Crippen LogP contribution is 2.45. The molecule has 0 unspecified atom stereocenters. The van der Waals surface area contributed by atoms with E-state index in [-0.39, 0.29) is 18.1 Å². The average Bonchev–Trinajstić information content (AvgIpc) is 3.49. The fourth-order valence-electron chi connectivity index (χ4n) is 4.48. The minimum atomic E-state index is -0.0819. The fraction of sp³-hybridized carbons (Fsp3) is 0.238. The number of aryl methyl sites for hydroxylation is 1. The molecule has 0 aliphatic carbocycles. The number of carbonyl (C=O) groups excluding carboxylic acids is 1. The van der Waals surface area contributed by atoms with Crippen LogP contribution in [0.25, 0.3) is 16.9 Å². The highest BCUT2D eigenvalue weighted by atomic mass is 16.2. The van der Waals surface area contributed by atoms with E-state index in [9.17, 15) is 4.79 Å². The van der Waals surface area contributed by atoms with Crippen molar-refractivity contribution in [3.63, 3.8) is 0 Å². The molecule has 0 saturated carbocycles. The van der Waals surface area contributed by atoms with Gasteiger partial charge in [-0.2, -0.15) is 5.10 Å². The van der Waals surface area contributed by atoms with Gasteiger partial charge in [0.25, 0.3) is 0 Å². The van der Waals surface area contributed by atoms with Gasteiger partial charge < -0.3 is 10.2 Å². The number of amides is 2. The van der Waals surface area contributed by atoms with Crippen LogP contribution >= 0.6 is 0 Å². The van der Waals surface area contributed by atoms with Crippen molar-refractivity contribution in [2.45, 2.75) is 25.4 Å². The number of benzene rings is 1. The van der Waals surface area contributed by atoms with Crippen LogP contribution in [-0.2, 0) is 0 Å². The summed E-state index contributed by atoms with van der Waals surface area (Å²) < 4.78 is 3.85. The van der Waals surface area contributed by atoms with Crippen LogP contribution in [0.2, 0.25) is 0 Å². The topological polar surface area (TPSA) is 80.4 Å². The third kappa shape index (κ3) is 2.45. The molecule has 2 aliphatic heterocycles. The highest BCUT2D eigenvalue weighted by molar-refractivity contribution is 5.91. The number of hydrogen-bond donors (Lipinski definition) is 1. The predicted molar refractivity (Wildman–Crippen MR) is 108 cm³/mol. The molecule has 8 nitrogen and oxygen atoms in total. The van der Waals surface area contributed by atoms with Gasteiger partial charge in [0.2, 0.25) is 0 Å². The number of urea groups is 1. The zero-order chi connectivity index (χ0) is 19.5. The lowest BCUT2D eigenvalue weighted by atomic mass is 10.1. The molecule has 2 aliphatic rings. The predicted octanol–water partition coefficient (Wildman–Crippen LogP) is 3.43. The van der Waals surface area contributed by atoms with Gasteiger partial charge in [0.05, 0.1) is 29.5 Å². The summed E-state index contributed by atoms with van der Waals surface area (Å²) >= 11 is 0. The lowest BCUT2D eigenvalue weighted by Crippen LogP contribution is -2.38. The number of likely N-dealkylation sites (tertiary alicyclic amines) is 1. The molecule has 2 amide bonds. The third-order valence-corrected chi connectivity index (χ3v) is 5.94. The zero-order valence-corrected chi connectivity index (χ0v) is 15.9. The van der Waals surface area contributed by atoms with Gasteiger partial charge >= 0.3 is 6.03 Å². The summed E-state index contributed by atoms with van der Waals surface area (Å²) in [6.07, 6.45) is 6.45. The van der Waals surface area contributed by atoms with E-state index in [1.165, 1.54) is 0 Å². The van der Waals surface area contributed by atoms with Crippen LogP contribution in [0, 0.1) is 6.92 Å². The molecule has 3 aromatic heterocycles. The monoisotopic (exact) mass is 385 g/mol. The second kappa shape index (κ2) is 5.91. The number of anilines is 1. The van der Waals surface area contributed by atoms with Gasteiger partial charge in [-0.15, -0.1) is 5.10 Å². The van der Waals surface area contributed by atoms with Crippen LogP contribution in [0.5, 0.6) is 0 Å². The molecule has 1 fully saturated rings. The molecule has 4 aromatic rings. The summed E-state index contributed by atoms with van der Waals surface area (Å²) in [5.41, 5.74) is 4.76. The van der Waals surface area contributed by atoms with Gasteiger partial charge in [-0.1, -0.05) is 6.07 Å². The third-order valence-electron chi connectivity index (χ3n) is 5.94. The maximum absolute atomic E-state index is 13.0. The Bertz CT molecular complexity index is 1260. The van der Waals surface area contributed by atoms with Gasteiger partial charge in [-0.3, -0.25) is 4.68 Å². The molecule has 1 aromatic carbocycles. The van der Waals surface area contributed by atoms with Gasteiger partial charge in [0.15, 0.2) is 5.82 Å². The van der Waals surface area contributed by atoms with Crippen molar-refractivity contribution in [2.24, 2.45) is 0 Å². The van der Waals surface area contributed by atoms with Crippen LogP contribution in [0.3, 0.4) is 0 Å². The van der Waals surface area contributed by atoms with Crippen molar-refractivity contribution in [1.82, 2.24) is 29.3 Å². The first kappa shape index (κ1) is 16.3. The Labute approximate surface area is 166 Å². The molecule has 0 spiro atoms. The summed E-state index contributed by atoms with van der Waals surface area (Å²) in [5.74, 6) is 0.631. The number of nitrogens with one attached hydrogen (secondary N) is 1. The smallest absolute Gasteiger partial charge is 0.314 e. The number of nitrogens with zero attached hydrogens (tertiary/aromatic N) is 6. The first-order chi connectivity index (χ1) is 14.2. The molecule has 2 bridgehead atoms. The van der Waals surface area contributed by atoms with E-state index in [1.807, 2.05) is 65.3 Å². The summed E-state index contributed by atoms with van der Waals surface area (Å²) in [6.45, 7) is 2.71. The second-order valence-electron chi connectivity index (χ2n) is 7.68. The molecule has 0 radical (unpaired) electrons. The minimum absolute atomic E-state index is 0.0819. The van der Waals surface area contributed by atoms with Crippen LogP contribution in [0.15, 0.2) is 55.0 Å². The Morgan fingerprint density at radius 3 is 3.10 bits per heavy atom. The molecule has 8 heteroatoms. The summed E-state index contributed by atoms with van der Waals surface area (Å²) in [5, 5.41) is 12.0. The normalized spacial score (nSPS) is 19.7. The highest BCUT2D eigenvalue weighted by Gasteiger charge is 2.45. The van der Waals surface area contributed by atoms with E-state index in [2.05, 4.69) is 20.5 Å². The Kier molecular flexibility index (Phi) is 3.32. The molecule has 1 saturated heterocycles. The maximum atomic E-state index is 13.0. The van der Waals surface area contributed by atoms with E-state index in [4.69, 9.17) is 0 Å². The molecule has 2 atom stereocenters. The summed E-state index contributed by atoms with van der Waals surface area (Å²) in [7, 11) is 0. The van der Waals surface area contributed by atoms with E-state index in [1.54, 1.807) is 10.7 Å². The molecule has 29 heavy (non-hydrogen) atoms. The standard InChI is InChI=1S/C21H19N7O/c1-13-4-5-14(9-17(13)20-22-11-15-3-2-8-27(15)25-20)24-21(29)26-12-16-10-19(26)18-6-7-23-28(16)18/h2-9,11,16,19H,10,12H2,1H3,(H,24,29)/t16-,19-/m1/s1. The van der Waals surface area contributed by atoms with Crippen LogP contribution in [0.4, 0.5) is 10.5 Å². The lowest BCUT2D eigenvalue weighted by molar-refractivity contribution is 0.198. The van der Waals surface area contributed by atoms with Crippen LogP contribution < -0.4 is 5.32 Å². The minimum Gasteiger partial charge on any atom is -0.314 e. The van der Waals surface area contributed by atoms with E-state index in [0.29, 0.717) is 12.4 Å². The molecular formula is C21H19N7O. The fourth-order valence-corrected chi connectivity index (χ4v) is 4.48. The summed E-state index contributed by atoms with van der Waals surface area (Å²) in [6, 6.07) is 12.1. The summed E-state index contributed by atoms with van der Waals surface area (Å²) in [4.78, 5) is 19.4. The number of fused-ring (bicyclic) bond motifs is 6. The number of carbonyl (C=O) groups is 1. The van der Waals surface area contributed by atoms with Crippen molar-refractivity contribution in [2.75, 3.05) is 11.9 Å². The average molecular weight is 385 g/mol. The van der Waals surface area contributed by atoms with Crippen molar-refractivity contribution in [3.8, 4) is 11.4 Å². The number of hydrogen-bond acceptors (Lipinski definition) is 4. The molecule has 6 rings (SSSR count). The van der Waals surface area contributed by atoms with Crippen LogP contribution in [-0.4, -0.2) is 41.9 Å². The lowest BCUT2D eigenvalue weighted by Gasteiger charge is -2.27. The number of rotatable bonds is 2. The van der Waals surface area contributed by atoms with E-state index >= 15 is 0 Å². The Balaban J connectivity index is 1.28. The van der Waals surface area contributed by atoms with Crippen LogP contribution in [0.1, 0.15) is 29.8 Å². The van der Waals surface area contributed by atoms with E-state index < -0.39 is 0 Å². The molecule has 5 heterocycles. The van der Waals surface area contributed by atoms with E-state index in [0.717, 1.165) is 34.4 Å². The zero-order valence-electron chi connectivity index (χ0n) is 15.9. The van der Waals surface area contributed by atoms with Gasteiger partial charge in [-0.05, 0) is 49.2 Å². The number of aromatic nitrogens is 5. The molecule has 1 N–H and O–H groups in total.